The Morgan fingerprint density at radius 3 is 2.62 bits per heavy atom. The molecule has 2 N–H and O–H groups in total. The number of para-hydroxylation sites is 1. The molecule has 0 radical (unpaired) electrons. The van der Waals surface area contributed by atoms with Crippen molar-refractivity contribution in [3.63, 3.8) is 0 Å². The van der Waals surface area contributed by atoms with Gasteiger partial charge in [0.05, 0.1) is 10.5 Å². The van der Waals surface area contributed by atoms with Gasteiger partial charge in [0.15, 0.2) is 0 Å². The number of anilines is 1. The normalized spacial score (nSPS) is 10.5. The highest BCUT2D eigenvalue weighted by atomic mass is 32.1. The number of hydrogen-bond donors (Lipinski definition) is 2. The Bertz CT molecular complexity index is 842. The largest absolute Gasteiger partial charge is 0.477 e. The molecule has 21 heavy (non-hydrogen) atoms. The number of hydrogen-bond acceptors (Lipinski definition) is 4. The van der Waals surface area contributed by atoms with E-state index in [4.69, 9.17) is 5.11 Å². The SMILES string of the molecule is O=C(Nc1ccc(C(=O)O)s1)c1ccc2ccccc2n1. The molecular formula is C15H10N2O3S. The van der Waals surface area contributed by atoms with Crippen molar-refractivity contribution in [2.75, 3.05) is 5.32 Å². The molecular weight excluding hydrogens is 288 g/mol. The molecule has 0 saturated carbocycles. The van der Waals surface area contributed by atoms with Crippen LogP contribution in [0.1, 0.15) is 20.2 Å². The summed E-state index contributed by atoms with van der Waals surface area (Å²) < 4.78 is 0. The van der Waals surface area contributed by atoms with E-state index in [9.17, 15) is 9.59 Å². The first-order valence-corrected chi connectivity index (χ1v) is 6.95. The number of thiophene rings is 1. The van der Waals surface area contributed by atoms with E-state index in [1.807, 2.05) is 30.3 Å². The standard InChI is InChI=1S/C15H10N2O3S/c18-14(17-13-8-7-12(21-13)15(19)20)11-6-5-9-3-1-2-4-10(9)16-11/h1-8H,(H,17,18)(H,19,20). The fraction of sp³-hybridized carbons (Fsp3) is 0. The van der Waals surface area contributed by atoms with E-state index in [-0.39, 0.29) is 10.8 Å². The number of benzene rings is 1. The van der Waals surface area contributed by atoms with Crippen LogP contribution >= 0.6 is 11.3 Å². The van der Waals surface area contributed by atoms with Crippen molar-refractivity contribution in [3.8, 4) is 0 Å². The van der Waals surface area contributed by atoms with Gasteiger partial charge in [0.1, 0.15) is 10.6 Å². The van der Waals surface area contributed by atoms with Gasteiger partial charge in [-0.1, -0.05) is 24.3 Å². The second kappa shape index (κ2) is 5.34. The highest BCUT2D eigenvalue weighted by Crippen LogP contribution is 2.22. The minimum atomic E-state index is -1.01. The van der Waals surface area contributed by atoms with E-state index in [2.05, 4.69) is 10.3 Å². The molecule has 0 aliphatic heterocycles. The molecule has 104 valence electrons. The maximum atomic E-state index is 12.1. The second-order valence-corrected chi connectivity index (χ2v) is 5.40. The number of nitrogens with zero attached hydrogens (tertiary/aromatic N) is 1. The summed E-state index contributed by atoms with van der Waals surface area (Å²) >= 11 is 1.01. The predicted molar refractivity (Wildman–Crippen MR) is 81.0 cm³/mol. The van der Waals surface area contributed by atoms with Crippen LogP contribution in [0, 0.1) is 0 Å². The van der Waals surface area contributed by atoms with Gasteiger partial charge in [-0.2, -0.15) is 0 Å². The molecule has 0 saturated heterocycles. The van der Waals surface area contributed by atoms with E-state index in [0.29, 0.717) is 10.7 Å². The Hall–Kier alpha value is -2.73. The second-order valence-electron chi connectivity index (χ2n) is 4.31. The van der Waals surface area contributed by atoms with Gasteiger partial charge in [-0.15, -0.1) is 11.3 Å². The molecule has 1 aromatic carbocycles. The summed E-state index contributed by atoms with van der Waals surface area (Å²) in [5, 5.41) is 12.9. The molecule has 0 unspecified atom stereocenters. The summed E-state index contributed by atoms with van der Waals surface area (Å²) in [4.78, 5) is 27.4. The lowest BCUT2D eigenvalue weighted by Gasteiger charge is -2.03. The topological polar surface area (TPSA) is 79.3 Å². The molecule has 0 atom stereocenters. The first-order valence-electron chi connectivity index (χ1n) is 6.14. The maximum absolute atomic E-state index is 12.1. The zero-order valence-electron chi connectivity index (χ0n) is 10.7. The maximum Gasteiger partial charge on any atom is 0.345 e. The van der Waals surface area contributed by atoms with Crippen molar-refractivity contribution in [2.45, 2.75) is 0 Å². The van der Waals surface area contributed by atoms with Gasteiger partial charge in [-0.05, 0) is 24.3 Å². The fourth-order valence-electron chi connectivity index (χ4n) is 1.89. The molecule has 0 fully saturated rings. The van der Waals surface area contributed by atoms with Crippen LogP contribution in [0.25, 0.3) is 10.9 Å². The third kappa shape index (κ3) is 2.75. The van der Waals surface area contributed by atoms with Crippen LogP contribution in [-0.2, 0) is 0 Å². The van der Waals surface area contributed by atoms with Crippen molar-refractivity contribution >= 4 is 39.1 Å². The third-order valence-electron chi connectivity index (χ3n) is 2.88. The number of pyridine rings is 1. The van der Waals surface area contributed by atoms with Gasteiger partial charge in [0.2, 0.25) is 0 Å². The lowest BCUT2D eigenvalue weighted by Crippen LogP contribution is -2.12. The predicted octanol–water partition coefficient (Wildman–Crippen LogP) is 3.25. The van der Waals surface area contributed by atoms with Crippen LogP contribution in [0.4, 0.5) is 5.00 Å². The number of aromatic carboxylic acids is 1. The number of carboxylic acids is 1. The molecule has 0 spiro atoms. The lowest BCUT2D eigenvalue weighted by molar-refractivity contribution is 0.0702. The van der Waals surface area contributed by atoms with Gasteiger partial charge in [0.25, 0.3) is 5.91 Å². The smallest absolute Gasteiger partial charge is 0.345 e. The van der Waals surface area contributed by atoms with Gasteiger partial charge >= 0.3 is 5.97 Å². The molecule has 3 aromatic rings. The number of carbonyl (C=O) groups excluding carboxylic acids is 1. The molecule has 0 aliphatic carbocycles. The summed E-state index contributed by atoms with van der Waals surface area (Å²) in [5.74, 6) is -1.37. The Labute approximate surface area is 123 Å². The van der Waals surface area contributed by atoms with Crippen molar-refractivity contribution in [2.24, 2.45) is 0 Å². The molecule has 0 aliphatic rings. The molecule has 2 aromatic heterocycles. The van der Waals surface area contributed by atoms with Crippen molar-refractivity contribution in [3.05, 3.63) is 59.1 Å². The zero-order chi connectivity index (χ0) is 14.8. The Morgan fingerprint density at radius 1 is 1.05 bits per heavy atom. The Balaban J connectivity index is 1.84. The summed E-state index contributed by atoms with van der Waals surface area (Å²) in [6, 6.07) is 14.0. The summed E-state index contributed by atoms with van der Waals surface area (Å²) in [6.07, 6.45) is 0. The minimum Gasteiger partial charge on any atom is -0.477 e. The van der Waals surface area contributed by atoms with E-state index in [1.54, 1.807) is 12.1 Å². The highest BCUT2D eigenvalue weighted by Gasteiger charge is 2.12. The van der Waals surface area contributed by atoms with Crippen LogP contribution in [0.3, 0.4) is 0 Å². The van der Waals surface area contributed by atoms with Crippen LogP contribution < -0.4 is 5.32 Å². The molecule has 3 rings (SSSR count). The number of rotatable bonds is 3. The summed E-state index contributed by atoms with van der Waals surface area (Å²) in [5.41, 5.74) is 1.03. The van der Waals surface area contributed by atoms with Crippen molar-refractivity contribution in [1.82, 2.24) is 4.98 Å². The van der Waals surface area contributed by atoms with Crippen LogP contribution in [-0.4, -0.2) is 22.0 Å². The van der Waals surface area contributed by atoms with Gasteiger partial charge < -0.3 is 10.4 Å². The Morgan fingerprint density at radius 2 is 1.86 bits per heavy atom. The first kappa shape index (κ1) is 13.3. The van der Waals surface area contributed by atoms with Gasteiger partial charge in [-0.3, -0.25) is 4.79 Å². The first-order chi connectivity index (χ1) is 10.1. The molecule has 2 heterocycles. The monoisotopic (exact) mass is 298 g/mol. The summed E-state index contributed by atoms with van der Waals surface area (Å²) in [6.45, 7) is 0. The van der Waals surface area contributed by atoms with E-state index < -0.39 is 5.97 Å². The van der Waals surface area contributed by atoms with Crippen LogP contribution in [0.15, 0.2) is 48.5 Å². The average Bonchev–Trinajstić information content (AvgIpc) is 2.95. The molecule has 6 heteroatoms. The molecule has 1 amide bonds. The average molecular weight is 298 g/mol. The van der Waals surface area contributed by atoms with E-state index >= 15 is 0 Å². The summed E-state index contributed by atoms with van der Waals surface area (Å²) in [7, 11) is 0. The van der Waals surface area contributed by atoms with Gasteiger partial charge in [0, 0.05) is 5.39 Å². The van der Waals surface area contributed by atoms with E-state index in [0.717, 1.165) is 22.2 Å². The number of fused-ring (bicyclic) bond motifs is 1. The van der Waals surface area contributed by atoms with Crippen molar-refractivity contribution in [1.29, 1.82) is 0 Å². The molecule has 0 bridgehead atoms. The fourth-order valence-corrected chi connectivity index (χ4v) is 2.63. The van der Waals surface area contributed by atoms with Crippen LogP contribution in [0.5, 0.6) is 0 Å². The zero-order valence-corrected chi connectivity index (χ0v) is 11.6. The molecule has 5 nitrogen and oxygen atoms in total. The van der Waals surface area contributed by atoms with Crippen LogP contribution in [0.2, 0.25) is 0 Å². The number of carboxylic acid groups (broad SMARTS) is 1. The highest BCUT2D eigenvalue weighted by molar-refractivity contribution is 7.18. The van der Waals surface area contributed by atoms with Crippen molar-refractivity contribution < 1.29 is 14.7 Å². The van der Waals surface area contributed by atoms with E-state index in [1.165, 1.54) is 6.07 Å². The Kier molecular flexibility index (Phi) is 3.37. The number of carbonyl (C=O) groups is 2. The quantitative estimate of drug-likeness (QED) is 0.778. The minimum absolute atomic E-state index is 0.178. The third-order valence-corrected chi connectivity index (χ3v) is 3.87. The number of nitrogens with one attached hydrogen (secondary N) is 1. The lowest BCUT2D eigenvalue weighted by atomic mass is 10.2. The van der Waals surface area contributed by atoms with Gasteiger partial charge in [-0.25, -0.2) is 9.78 Å². The number of aromatic nitrogens is 1. The number of amides is 1.